The molecule has 2 rings (SSSR count). The summed E-state index contributed by atoms with van der Waals surface area (Å²) in [5.41, 5.74) is 3.81. The number of hydrogen-bond donors (Lipinski definition) is 2. The third kappa shape index (κ3) is 4.73. The van der Waals surface area contributed by atoms with Gasteiger partial charge in [0.05, 0.1) is 15.5 Å². The van der Waals surface area contributed by atoms with Crippen molar-refractivity contribution in [1.82, 2.24) is 10.1 Å². The topological polar surface area (TPSA) is 87.6 Å². The van der Waals surface area contributed by atoms with E-state index in [1.807, 2.05) is 12.3 Å². The highest BCUT2D eigenvalue weighted by molar-refractivity contribution is 7.89. The molecule has 0 radical (unpaired) electrons. The smallest absolute Gasteiger partial charge is 0.266 e. The Morgan fingerprint density at radius 3 is 2.50 bits per heavy atom. The molecule has 24 heavy (non-hydrogen) atoms. The Morgan fingerprint density at radius 2 is 1.92 bits per heavy atom. The lowest BCUT2D eigenvalue weighted by Crippen LogP contribution is -2.24. The van der Waals surface area contributed by atoms with Gasteiger partial charge in [-0.25, -0.2) is 18.6 Å². The second kappa shape index (κ2) is 8.18. The minimum absolute atomic E-state index is 0.204. The third-order valence-corrected chi connectivity index (χ3v) is 5.54. The summed E-state index contributed by atoms with van der Waals surface area (Å²) < 4.78 is 26.6. The Bertz CT molecular complexity index is 811. The first-order valence-electron chi connectivity index (χ1n) is 7.42. The van der Waals surface area contributed by atoms with E-state index in [4.69, 9.17) is 0 Å². The van der Waals surface area contributed by atoms with Gasteiger partial charge in [-0.15, -0.1) is 11.3 Å². The maximum absolute atomic E-state index is 12.0. The first-order chi connectivity index (χ1) is 11.4. The van der Waals surface area contributed by atoms with Crippen LogP contribution in [0.25, 0.3) is 0 Å². The number of nitrogens with zero attached hydrogens (tertiary/aromatic N) is 1. The predicted molar refractivity (Wildman–Crippen MR) is 95.9 cm³/mol. The zero-order valence-electron chi connectivity index (χ0n) is 13.4. The Morgan fingerprint density at radius 1 is 1.21 bits per heavy atom. The fourth-order valence-electron chi connectivity index (χ4n) is 1.86. The molecule has 2 N–H and O–H groups in total. The molecule has 1 aromatic heterocycles. The molecule has 1 amide bonds. The summed E-state index contributed by atoms with van der Waals surface area (Å²) >= 11 is 1.33. The largest absolute Gasteiger partial charge is 0.281 e. The Kier molecular flexibility index (Phi) is 6.24. The molecule has 0 aliphatic heterocycles. The monoisotopic (exact) mass is 365 g/mol. The van der Waals surface area contributed by atoms with Gasteiger partial charge in [0.1, 0.15) is 0 Å². The van der Waals surface area contributed by atoms with E-state index >= 15 is 0 Å². The number of benzene rings is 1. The molecule has 8 heteroatoms. The van der Waals surface area contributed by atoms with Crippen molar-refractivity contribution >= 4 is 33.0 Å². The summed E-state index contributed by atoms with van der Waals surface area (Å²) in [5.74, 6) is -0.271. The van der Waals surface area contributed by atoms with Crippen LogP contribution in [-0.4, -0.2) is 26.6 Å². The number of nitrogens with one attached hydrogen (secondary N) is 2. The Balaban J connectivity index is 2.07. The SMILES string of the molecule is CCCNS(=O)(=O)c1ccc(/C(C)=N\NC(=O)c2cccs2)cc1. The van der Waals surface area contributed by atoms with Gasteiger partial charge in [0.15, 0.2) is 0 Å². The van der Waals surface area contributed by atoms with Gasteiger partial charge < -0.3 is 0 Å². The summed E-state index contributed by atoms with van der Waals surface area (Å²) in [4.78, 5) is 12.6. The molecule has 6 nitrogen and oxygen atoms in total. The molecule has 0 fully saturated rings. The molecule has 0 aliphatic rings. The highest BCUT2D eigenvalue weighted by Gasteiger charge is 2.13. The van der Waals surface area contributed by atoms with Crippen LogP contribution >= 0.6 is 11.3 Å². The van der Waals surface area contributed by atoms with Crippen LogP contribution in [0.3, 0.4) is 0 Å². The van der Waals surface area contributed by atoms with Crippen LogP contribution in [0.5, 0.6) is 0 Å². The summed E-state index contributed by atoms with van der Waals surface area (Å²) in [7, 11) is -3.48. The summed E-state index contributed by atoms with van der Waals surface area (Å²) in [5, 5.41) is 5.87. The van der Waals surface area contributed by atoms with Crippen molar-refractivity contribution < 1.29 is 13.2 Å². The number of carbonyl (C=O) groups excluding carboxylic acids is 1. The zero-order valence-corrected chi connectivity index (χ0v) is 15.1. The van der Waals surface area contributed by atoms with Crippen molar-refractivity contribution in [1.29, 1.82) is 0 Å². The summed E-state index contributed by atoms with van der Waals surface area (Å²) in [6, 6.07) is 9.88. The minimum Gasteiger partial charge on any atom is -0.266 e. The number of hydrogen-bond acceptors (Lipinski definition) is 5. The van der Waals surface area contributed by atoms with Gasteiger partial charge in [0.25, 0.3) is 5.91 Å². The average molecular weight is 365 g/mol. The maximum Gasteiger partial charge on any atom is 0.281 e. The van der Waals surface area contributed by atoms with E-state index in [9.17, 15) is 13.2 Å². The van der Waals surface area contributed by atoms with Crippen LogP contribution in [0.1, 0.15) is 35.5 Å². The van der Waals surface area contributed by atoms with Gasteiger partial charge in [-0.05, 0) is 42.5 Å². The highest BCUT2D eigenvalue weighted by Crippen LogP contribution is 2.12. The standard InChI is InChI=1S/C16H19N3O3S2/c1-3-10-17-24(21,22)14-8-6-13(7-9-14)12(2)18-19-16(20)15-5-4-11-23-15/h4-9,11,17H,3,10H2,1-2H3,(H,19,20)/b18-12-. The molecule has 2 aromatic rings. The van der Waals surface area contributed by atoms with E-state index in [0.29, 0.717) is 17.1 Å². The first kappa shape index (κ1) is 18.3. The number of rotatable bonds is 7. The second-order valence-electron chi connectivity index (χ2n) is 5.04. The third-order valence-electron chi connectivity index (χ3n) is 3.19. The van der Waals surface area contributed by atoms with Crippen molar-refractivity contribution in [2.24, 2.45) is 5.10 Å². The van der Waals surface area contributed by atoms with Crippen molar-refractivity contribution in [3.05, 3.63) is 52.2 Å². The van der Waals surface area contributed by atoms with Crippen LogP contribution in [0.4, 0.5) is 0 Å². The molecular weight excluding hydrogens is 346 g/mol. The molecule has 0 unspecified atom stereocenters. The molecule has 1 aromatic carbocycles. The lowest BCUT2D eigenvalue weighted by atomic mass is 10.1. The first-order valence-corrected chi connectivity index (χ1v) is 9.78. The van der Waals surface area contributed by atoms with E-state index in [1.165, 1.54) is 23.5 Å². The minimum atomic E-state index is -3.48. The van der Waals surface area contributed by atoms with Crippen molar-refractivity contribution in [2.45, 2.75) is 25.2 Å². The van der Waals surface area contributed by atoms with Crippen LogP contribution in [0.15, 0.2) is 51.8 Å². The maximum atomic E-state index is 12.0. The molecule has 0 saturated carbocycles. The van der Waals surface area contributed by atoms with Gasteiger partial charge in [-0.1, -0.05) is 25.1 Å². The van der Waals surface area contributed by atoms with E-state index in [2.05, 4.69) is 15.2 Å². The van der Waals surface area contributed by atoms with Gasteiger partial charge in [-0.3, -0.25) is 4.79 Å². The molecule has 1 heterocycles. The number of thiophene rings is 1. The van der Waals surface area contributed by atoms with Crippen LogP contribution < -0.4 is 10.1 Å². The highest BCUT2D eigenvalue weighted by atomic mass is 32.2. The fourth-order valence-corrected chi connectivity index (χ4v) is 3.60. The molecule has 128 valence electrons. The van der Waals surface area contributed by atoms with E-state index in [1.54, 1.807) is 31.2 Å². The fraction of sp³-hybridized carbons (Fsp3) is 0.250. The normalized spacial score (nSPS) is 12.2. The lowest BCUT2D eigenvalue weighted by Gasteiger charge is -2.07. The quantitative estimate of drug-likeness (QED) is 0.584. The number of sulfonamides is 1. The molecule has 0 spiro atoms. The van der Waals surface area contributed by atoms with Crippen molar-refractivity contribution in [2.75, 3.05) is 6.54 Å². The van der Waals surface area contributed by atoms with Gasteiger partial charge in [0.2, 0.25) is 10.0 Å². The molecule has 0 aliphatic carbocycles. The molecular formula is C16H19N3O3S2. The Hall–Kier alpha value is -2.03. The van der Waals surface area contributed by atoms with Crippen LogP contribution in [0.2, 0.25) is 0 Å². The van der Waals surface area contributed by atoms with Gasteiger partial charge in [0, 0.05) is 6.54 Å². The van der Waals surface area contributed by atoms with E-state index in [0.717, 1.165) is 12.0 Å². The van der Waals surface area contributed by atoms with Crippen molar-refractivity contribution in [3.8, 4) is 0 Å². The number of amides is 1. The summed E-state index contributed by atoms with van der Waals surface area (Å²) in [6.07, 6.45) is 0.729. The van der Waals surface area contributed by atoms with Gasteiger partial charge in [-0.2, -0.15) is 5.10 Å². The molecule has 0 atom stereocenters. The lowest BCUT2D eigenvalue weighted by molar-refractivity contribution is 0.0959. The van der Waals surface area contributed by atoms with Crippen molar-refractivity contribution in [3.63, 3.8) is 0 Å². The Labute approximate surface area is 145 Å². The summed E-state index contributed by atoms with van der Waals surface area (Å²) in [6.45, 7) is 4.04. The van der Waals surface area contributed by atoms with E-state index < -0.39 is 10.0 Å². The zero-order chi connectivity index (χ0) is 17.6. The van der Waals surface area contributed by atoms with Gasteiger partial charge >= 0.3 is 0 Å². The molecule has 0 bridgehead atoms. The second-order valence-corrected chi connectivity index (χ2v) is 7.75. The number of hydrazone groups is 1. The van der Waals surface area contributed by atoms with E-state index in [-0.39, 0.29) is 10.8 Å². The van der Waals surface area contributed by atoms with Crippen LogP contribution in [0, 0.1) is 0 Å². The molecule has 0 saturated heterocycles. The number of carbonyl (C=O) groups is 1. The average Bonchev–Trinajstić information content (AvgIpc) is 3.12. The predicted octanol–water partition coefficient (Wildman–Crippen LogP) is 2.59. The van der Waals surface area contributed by atoms with Crippen LogP contribution in [-0.2, 0) is 10.0 Å².